The third-order valence-electron chi connectivity index (χ3n) is 3.66. The number of nitrogens with zero attached hydrogens (tertiary/aromatic N) is 2. The third-order valence-corrected chi connectivity index (χ3v) is 4.54. The molecule has 118 valence electrons. The molecule has 6 nitrogen and oxygen atoms in total. The molecule has 0 spiro atoms. The Morgan fingerprint density at radius 3 is 3.00 bits per heavy atom. The Bertz CT molecular complexity index is 525. The molecule has 1 aromatic rings. The Hall–Kier alpha value is -1.18. The molecule has 1 saturated heterocycles. The Morgan fingerprint density at radius 1 is 1.52 bits per heavy atom. The van der Waals surface area contributed by atoms with Crippen LogP contribution in [0.4, 0.5) is 0 Å². The minimum Gasteiger partial charge on any atom is -0.464 e. The summed E-state index contributed by atoms with van der Waals surface area (Å²) in [5.74, 6) is -0.256. The van der Waals surface area contributed by atoms with E-state index in [1.165, 1.54) is 0 Å². The van der Waals surface area contributed by atoms with Crippen LogP contribution in [0.3, 0.4) is 0 Å². The summed E-state index contributed by atoms with van der Waals surface area (Å²) in [4.78, 5) is 25.5. The Labute approximate surface area is 128 Å². The average Bonchev–Trinajstić information content (AvgIpc) is 2.78. The van der Waals surface area contributed by atoms with Gasteiger partial charge in [0, 0.05) is 36.8 Å². The summed E-state index contributed by atoms with van der Waals surface area (Å²) in [6, 6.07) is 0.365. The van der Waals surface area contributed by atoms with Crippen LogP contribution in [0.25, 0.3) is 0 Å². The van der Waals surface area contributed by atoms with E-state index < -0.39 is 0 Å². The standard InChI is InChI=1S/C14H22N2O4S/c1-11-9-19-7-5-15(11)6-8-20-13(17)3-4-16-12(2)10-21-14(16)18/h10-11H,3-9H2,1-2H3. The predicted molar refractivity (Wildman–Crippen MR) is 80.7 cm³/mol. The van der Waals surface area contributed by atoms with Gasteiger partial charge in [-0.05, 0) is 13.8 Å². The SMILES string of the molecule is Cc1csc(=O)n1CCC(=O)OCCN1CCOCC1C. The molecule has 2 rings (SSSR count). The van der Waals surface area contributed by atoms with Crippen molar-refractivity contribution in [2.75, 3.05) is 32.9 Å². The largest absolute Gasteiger partial charge is 0.464 e. The van der Waals surface area contributed by atoms with Crippen molar-refractivity contribution >= 4 is 17.3 Å². The monoisotopic (exact) mass is 314 g/mol. The maximum absolute atomic E-state index is 11.7. The third kappa shape index (κ3) is 4.66. The van der Waals surface area contributed by atoms with E-state index in [1.807, 2.05) is 6.92 Å². The van der Waals surface area contributed by atoms with Crippen molar-refractivity contribution in [3.63, 3.8) is 0 Å². The van der Waals surface area contributed by atoms with E-state index in [1.54, 1.807) is 9.95 Å². The topological polar surface area (TPSA) is 60.8 Å². The predicted octanol–water partition coefficient (Wildman–Crippen LogP) is 0.872. The van der Waals surface area contributed by atoms with Crippen molar-refractivity contribution in [3.05, 3.63) is 20.7 Å². The van der Waals surface area contributed by atoms with Crippen LogP contribution in [0.1, 0.15) is 19.0 Å². The molecule has 1 unspecified atom stereocenters. The number of carbonyl (C=O) groups is 1. The molecule has 1 aromatic heterocycles. The number of rotatable bonds is 6. The van der Waals surface area contributed by atoms with Crippen molar-refractivity contribution in [3.8, 4) is 0 Å². The zero-order valence-corrected chi connectivity index (χ0v) is 13.4. The highest BCUT2D eigenvalue weighted by molar-refractivity contribution is 7.07. The van der Waals surface area contributed by atoms with E-state index in [0.717, 1.165) is 43.3 Å². The number of carbonyl (C=O) groups excluding carboxylic acids is 1. The molecule has 0 aromatic carbocycles. The minimum atomic E-state index is -0.256. The van der Waals surface area contributed by atoms with E-state index in [0.29, 0.717) is 19.2 Å². The fourth-order valence-corrected chi connectivity index (χ4v) is 3.08. The molecule has 1 aliphatic rings. The van der Waals surface area contributed by atoms with Crippen molar-refractivity contribution in [2.24, 2.45) is 0 Å². The maximum atomic E-state index is 11.7. The number of hydrogen-bond donors (Lipinski definition) is 0. The number of esters is 1. The number of morpholine rings is 1. The fourth-order valence-electron chi connectivity index (χ4n) is 2.32. The highest BCUT2D eigenvalue weighted by Gasteiger charge is 2.18. The summed E-state index contributed by atoms with van der Waals surface area (Å²) in [5, 5.41) is 1.80. The summed E-state index contributed by atoms with van der Waals surface area (Å²) in [6.07, 6.45) is 0.232. The molecule has 1 fully saturated rings. The van der Waals surface area contributed by atoms with Crippen molar-refractivity contribution in [1.82, 2.24) is 9.47 Å². The molecule has 0 amide bonds. The summed E-state index contributed by atoms with van der Waals surface area (Å²) in [7, 11) is 0. The van der Waals surface area contributed by atoms with Gasteiger partial charge in [-0.2, -0.15) is 0 Å². The van der Waals surface area contributed by atoms with Crippen LogP contribution in [-0.4, -0.2) is 54.4 Å². The van der Waals surface area contributed by atoms with Crippen LogP contribution >= 0.6 is 11.3 Å². The van der Waals surface area contributed by atoms with Gasteiger partial charge in [0.1, 0.15) is 6.61 Å². The van der Waals surface area contributed by atoms with Crippen molar-refractivity contribution < 1.29 is 14.3 Å². The molecular weight excluding hydrogens is 292 g/mol. The number of aryl methyl sites for hydroxylation is 1. The van der Waals surface area contributed by atoms with Crippen LogP contribution in [0, 0.1) is 6.92 Å². The van der Waals surface area contributed by atoms with Gasteiger partial charge in [0.05, 0.1) is 19.6 Å². The molecule has 0 N–H and O–H groups in total. The quantitative estimate of drug-likeness (QED) is 0.729. The van der Waals surface area contributed by atoms with Crippen LogP contribution in [-0.2, 0) is 20.8 Å². The Balaban J connectivity index is 1.67. The van der Waals surface area contributed by atoms with Gasteiger partial charge in [0.2, 0.25) is 0 Å². The van der Waals surface area contributed by atoms with Gasteiger partial charge in [0.25, 0.3) is 0 Å². The molecule has 1 atom stereocenters. The number of aromatic nitrogens is 1. The van der Waals surface area contributed by atoms with Crippen LogP contribution < -0.4 is 4.87 Å². The average molecular weight is 314 g/mol. The molecule has 1 aliphatic heterocycles. The molecule has 0 saturated carbocycles. The van der Waals surface area contributed by atoms with E-state index in [-0.39, 0.29) is 17.3 Å². The van der Waals surface area contributed by atoms with Crippen LogP contribution in [0.2, 0.25) is 0 Å². The van der Waals surface area contributed by atoms with Gasteiger partial charge in [0.15, 0.2) is 0 Å². The van der Waals surface area contributed by atoms with Gasteiger partial charge >= 0.3 is 10.8 Å². The molecule has 0 aliphatic carbocycles. The fraction of sp³-hybridized carbons (Fsp3) is 0.714. The normalized spacial score (nSPS) is 19.6. The molecule has 21 heavy (non-hydrogen) atoms. The number of ether oxygens (including phenoxy) is 2. The molecule has 7 heteroatoms. The van der Waals surface area contributed by atoms with Gasteiger partial charge < -0.3 is 14.0 Å². The van der Waals surface area contributed by atoms with Crippen molar-refractivity contribution in [2.45, 2.75) is 32.9 Å². The highest BCUT2D eigenvalue weighted by atomic mass is 32.1. The van der Waals surface area contributed by atoms with Gasteiger partial charge in [-0.25, -0.2) is 0 Å². The van der Waals surface area contributed by atoms with Crippen LogP contribution in [0.15, 0.2) is 10.2 Å². The highest BCUT2D eigenvalue weighted by Crippen LogP contribution is 2.06. The summed E-state index contributed by atoms with van der Waals surface area (Å²) >= 11 is 1.16. The lowest BCUT2D eigenvalue weighted by molar-refractivity contribution is -0.144. The van der Waals surface area contributed by atoms with Gasteiger partial charge in [-0.1, -0.05) is 11.3 Å². The first-order chi connectivity index (χ1) is 10.1. The van der Waals surface area contributed by atoms with Gasteiger partial charge in [-0.3, -0.25) is 14.5 Å². The Kier molecular flexibility index (Phi) is 5.96. The smallest absolute Gasteiger partial charge is 0.307 e. The lowest BCUT2D eigenvalue weighted by Crippen LogP contribution is -2.45. The zero-order chi connectivity index (χ0) is 15.2. The second-order valence-electron chi connectivity index (χ2n) is 5.23. The summed E-state index contributed by atoms with van der Waals surface area (Å²) < 4.78 is 12.2. The lowest BCUT2D eigenvalue weighted by Gasteiger charge is -2.32. The molecule has 2 heterocycles. The summed E-state index contributed by atoms with van der Waals surface area (Å²) in [6.45, 7) is 7.82. The van der Waals surface area contributed by atoms with E-state index in [4.69, 9.17) is 9.47 Å². The molecule has 0 bridgehead atoms. The number of thiazole rings is 1. The molecular formula is C14H22N2O4S. The second-order valence-corrected chi connectivity index (χ2v) is 6.05. The van der Waals surface area contributed by atoms with E-state index in [9.17, 15) is 9.59 Å². The summed E-state index contributed by atoms with van der Waals surface area (Å²) in [5.41, 5.74) is 0.889. The van der Waals surface area contributed by atoms with Crippen LogP contribution in [0.5, 0.6) is 0 Å². The van der Waals surface area contributed by atoms with Gasteiger partial charge in [-0.15, -0.1) is 0 Å². The zero-order valence-electron chi connectivity index (χ0n) is 12.5. The van der Waals surface area contributed by atoms with Crippen molar-refractivity contribution in [1.29, 1.82) is 0 Å². The second kappa shape index (κ2) is 7.72. The minimum absolute atomic E-state index is 0.0255. The molecule has 0 radical (unpaired) electrons. The van der Waals surface area contributed by atoms with E-state index >= 15 is 0 Å². The first kappa shape index (κ1) is 16.2. The van der Waals surface area contributed by atoms with E-state index in [2.05, 4.69) is 11.8 Å². The maximum Gasteiger partial charge on any atom is 0.307 e. The Morgan fingerprint density at radius 2 is 2.33 bits per heavy atom. The lowest BCUT2D eigenvalue weighted by atomic mass is 10.2. The number of hydrogen-bond acceptors (Lipinski definition) is 6. The first-order valence-electron chi connectivity index (χ1n) is 7.20. The first-order valence-corrected chi connectivity index (χ1v) is 8.08.